The smallest absolute Gasteiger partial charge is 0.305 e. The molecular formula is C27H46N6O2. The van der Waals surface area contributed by atoms with Crippen molar-refractivity contribution in [2.45, 2.75) is 84.6 Å². The summed E-state index contributed by atoms with van der Waals surface area (Å²) in [5, 5.41) is 3.46. The summed E-state index contributed by atoms with van der Waals surface area (Å²) in [6, 6.07) is 4.24. The summed E-state index contributed by atoms with van der Waals surface area (Å²) < 4.78 is 7.02. The first-order chi connectivity index (χ1) is 17.2. The van der Waals surface area contributed by atoms with Crippen LogP contribution in [0.4, 0.5) is 11.8 Å². The number of methoxy groups -OCH3 is 1. The Morgan fingerprint density at radius 3 is 2.43 bits per heavy atom. The van der Waals surface area contributed by atoms with Gasteiger partial charge in [-0.1, -0.05) is 33.1 Å². The number of aromatic nitrogens is 3. The van der Waals surface area contributed by atoms with Crippen molar-refractivity contribution in [3.63, 3.8) is 0 Å². The van der Waals surface area contributed by atoms with E-state index < -0.39 is 0 Å². The second-order valence-electron chi connectivity index (χ2n) is 9.66. The number of unbranched alkanes of at least 4 members (excludes halogenated alkanes) is 2. The molecule has 0 saturated carbocycles. The number of anilines is 2. The van der Waals surface area contributed by atoms with Gasteiger partial charge in [-0.3, -0.25) is 9.36 Å². The second-order valence-corrected chi connectivity index (χ2v) is 9.66. The highest BCUT2D eigenvalue weighted by Crippen LogP contribution is 2.23. The molecule has 0 radical (unpaired) electrons. The lowest BCUT2D eigenvalue weighted by Gasteiger charge is -2.26. The van der Waals surface area contributed by atoms with Gasteiger partial charge in [-0.2, -0.15) is 0 Å². The van der Waals surface area contributed by atoms with Crippen LogP contribution in [0.2, 0.25) is 0 Å². The Bertz CT molecular complexity index is 885. The maximum atomic E-state index is 11.5. The lowest BCUT2D eigenvalue weighted by atomic mass is 10.1. The summed E-state index contributed by atoms with van der Waals surface area (Å²) >= 11 is 0. The van der Waals surface area contributed by atoms with Gasteiger partial charge in [0.1, 0.15) is 11.3 Å². The van der Waals surface area contributed by atoms with Gasteiger partial charge in [-0.05, 0) is 70.3 Å². The van der Waals surface area contributed by atoms with Crippen molar-refractivity contribution < 1.29 is 9.53 Å². The van der Waals surface area contributed by atoms with Crippen molar-refractivity contribution in [2.75, 3.05) is 56.6 Å². The van der Waals surface area contributed by atoms with Crippen molar-refractivity contribution in [1.29, 1.82) is 0 Å². The fourth-order valence-electron chi connectivity index (χ4n) is 4.72. The largest absolute Gasteiger partial charge is 0.469 e. The minimum absolute atomic E-state index is 0.174. The van der Waals surface area contributed by atoms with Crippen LogP contribution in [0.1, 0.15) is 78.1 Å². The van der Waals surface area contributed by atoms with Crippen LogP contribution in [0, 0.1) is 0 Å². The Balaban J connectivity index is 1.78. The van der Waals surface area contributed by atoms with Gasteiger partial charge in [0.15, 0.2) is 5.65 Å². The highest BCUT2D eigenvalue weighted by atomic mass is 16.5. The number of nitrogens with zero attached hydrogens (tertiary/aromatic N) is 5. The van der Waals surface area contributed by atoms with Crippen molar-refractivity contribution in [3.05, 3.63) is 12.1 Å². The van der Waals surface area contributed by atoms with E-state index in [0.717, 1.165) is 55.5 Å². The van der Waals surface area contributed by atoms with Crippen LogP contribution in [-0.4, -0.2) is 71.8 Å². The molecule has 1 fully saturated rings. The Kier molecular flexibility index (Phi) is 11.6. The average Bonchev–Trinajstić information content (AvgIpc) is 3.23. The number of rotatable bonds is 16. The van der Waals surface area contributed by atoms with Gasteiger partial charge in [-0.25, -0.2) is 9.97 Å². The van der Waals surface area contributed by atoms with Gasteiger partial charge in [0, 0.05) is 32.6 Å². The third kappa shape index (κ3) is 8.37. The predicted molar refractivity (Wildman–Crippen MR) is 144 cm³/mol. The van der Waals surface area contributed by atoms with Crippen molar-refractivity contribution >= 4 is 28.9 Å². The van der Waals surface area contributed by atoms with Gasteiger partial charge in [-0.15, -0.1) is 0 Å². The number of ether oxygens (including phenoxy) is 1. The maximum absolute atomic E-state index is 11.5. The zero-order valence-corrected chi connectivity index (χ0v) is 22.2. The third-order valence-electron chi connectivity index (χ3n) is 6.84. The Morgan fingerprint density at radius 2 is 1.74 bits per heavy atom. The molecule has 0 aliphatic carbocycles. The van der Waals surface area contributed by atoms with E-state index in [-0.39, 0.29) is 5.97 Å². The van der Waals surface area contributed by atoms with E-state index in [2.05, 4.69) is 45.7 Å². The van der Waals surface area contributed by atoms with Gasteiger partial charge in [0.05, 0.1) is 7.11 Å². The first kappa shape index (κ1) is 27.2. The average molecular weight is 487 g/mol. The number of fused-ring (bicyclic) bond motifs is 1. The number of imidazole rings is 1. The minimum Gasteiger partial charge on any atom is -0.469 e. The number of carbonyl (C=O) groups excluding carboxylic acids is 1. The summed E-state index contributed by atoms with van der Waals surface area (Å²) in [5.74, 6) is 1.73. The molecule has 1 saturated heterocycles. The summed E-state index contributed by atoms with van der Waals surface area (Å²) in [7, 11) is 1.44. The summed E-state index contributed by atoms with van der Waals surface area (Å²) in [5.41, 5.74) is 1.88. The maximum Gasteiger partial charge on any atom is 0.305 e. The minimum atomic E-state index is -0.174. The number of nitrogens with one attached hydrogen (secondary N) is 1. The van der Waals surface area contributed by atoms with Crippen LogP contribution in [0.15, 0.2) is 12.1 Å². The van der Waals surface area contributed by atoms with E-state index in [9.17, 15) is 4.79 Å². The van der Waals surface area contributed by atoms with Gasteiger partial charge in [0.2, 0.25) is 5.95 Å². The van der Waals surface area contributed by atoms with Crippen molar-refractivity contribution in [2.24, 2.45) is 0 Å². The van der Waals surface area contributed by atoms with Gasteiger partial charge < -0.3 is 19.9 Å². The summed E-state index contributed by atoms with van der Waals surface area (Å²) in [6.07, 6.45) is 10.9. The van der Waals surface area contributed by atoms with Crippen LogP contribution >= 0.6 is 0 Å². The molecule has 2 aromatic heterocycles. The number of esters is 1. The van der Waals surface area contributed by atoms with Crippen molar-refractivity contribution in [1.82, 2.24) is 19.4 Å². The number of pyridine rings is 1. The van der Waals surface area contributed by atoms with Gasteiger partial charge >= 0.3 is 5.97 Å². The zero-order valence-electron chi connectivity index (χ0n) is 22.2. The van der Waals surface area contributed by atoms with Crippen LogP contribution < -0.4 is 10.2 Å². The molecule has 1 aliphatic heterocycles. The lowest BCUT2D eigenvalue weighted by Crippen LogP contribution is -2.31. The number of carbonyl (C=O) groups is 1. The number of piperidine rings is 1. The number of likely N-dealkylation sites (tertiary alicyclic amines) is 1. The molecule has 1 N–H and O–H groups in total. The van der Waals surface area contributed by atoms with Crippen molar-refractivity contribution in [3.8, 4) is 0 Å². The molecule has 0 spiro atoms. The normalized spacial score (nSPS) is 14.4. The van der Waals surface area contributed by atoms with E-state index in [1.807, 2.05) is 0 Å². The molecular weight excluding hydrogens is 440 g/mol. The second kappa shape index (κ2) is 14.9. The molecule has 35 heavy (non-hydrogen) atoms. The Hall–Kier alpha value is -2.35. The fourth-order valence-corrected chi connectivity index (χ4v) is 4.72. The van der Waals surface area contributed by atoms with Crippen LogP contribution in [0.5, 0.6) is 0 Å². The molecule has 1 aliphatic rings. The quantitative estimate of drug-likeness (QED) is 0.262. The molecule has 3 heterocycles. The Morgan fingerprint density at radius 1 is 1.00 bits per heavy atom. The highest BCUT2D eigenvalue weighted by molar-refractivity contribution is 5.77. The molecule has 0 bridgehead atoms. The summed E-state index contributed by atoms with van der Waals surface area (Å²) in [4.78, 5) is 26.5. The monoisotopic (exact) mass is 486 g/mol. The number of aryl methyl sites for hydroxylation is 1. The zero-order chi connectivity index (χ0) is 24.9. The molecule has 196 valence electrons. The molecule has 8 nitrogen and oxygen atoms in total. The number of hydrogen-bond acceptors (Lipinski definition) is 7. The first-order valence-corrected chi connectivity index (χ1v) is 13.8. The van der Waals surface area contributed by atoms with Crippen LogP contribution in [-0.2, 0) is 16.1 Å². The van der Waals surface area contributed by atoms with E-state index in [1.54, 1.807) is 0 Å². The standard InChI is InChI=1S/C27H46N6O2/c1-4-6-20-32(21-7-5-2)24-15-14-23-26(30-24)33(22-12-19-31-17-9-8-10-18-31)27(29-23)28-16-11-13-25(34)35-3/h14-15H,4-13,16-22H2,1-3H3,(H,28,29). The van der Waals surface area contributed by atoms with Gasteiger partial charge in [0.25, 0.3) is 0 Å². The first-order valence-electron chi connectivity index (χ1n) is 13.8. The molecule has 2 aromatic rings. The molecule has 0 aromatic carbocycles. The van der Waals surface area contributed by atoms with E-state index in [1.165, 1.54) is 65.1 Å². The highest BCUT2D eigenvalue weighted by Gasteiger charge is 2.16. The fraction of sp³-hybridized carbons (Fsp3) is 0.741. The van der Waals surface area contributed by atoms with E-state index >= 15 is 0 Å². The topological polar surface area (TPSA) is 75.5 Å². The van der Waals surface area contributed by atoms with E-state index in [0.29, 0.717) is 19.4 Å². The molecule has 0 unspecified atom stereocenters. The van der Waals surface area contributed by atoms with Crippen LogP contribution in [0.3, 0.4) is 0 Å². The van der Waals surface area contributed by atoms with E-state index in [4.69, 9.17) is 14.7 Å². The lowest BCUT2D eigenvalue weighted by molar-refractivity contribution is -0.140. The van der Waals surface area contributed by atoms with Crippen LogP contribution in [0.25, 0.3) is 11.2 Å². The molecule has 3 rings (SSSR count). The number of hydrogen-bond donors (Lipinski definition) is 1. The SMILES string of the molecule is CCCCN(CCCC)c1ccc2nc(NCCCC(=O)OC)n(CCCN3CCCCC3)c2n1. The molecule has 0 atom stereocenters. The summed E-state index contributed by atoms with van der Waals surface area (Å²) in [6.45, 7) is 11.7. The molecule has 0 amide bonds. The molecule has 8 heteroatoms. The predicted octanol–water partition coefficient (Wildman–Crippen LogP) is 5.08. The third-order valence-corrected chi connectivity index (χ3v) is 6.84. The Labute approximate surface area is 211 Å².